The van der Waals surface area contributed by atoms with E-state index in [0.29, 0.717) is 45.3 Å². The molecule has 1 aliphatic heterocycles. The highest BCUT2D eigenvalue weighted by Crippen LogP contribution is 2.20. The van der Waals surface area contributed by atoms with Crippen molar-refractivity contribution in [1.29, 1.82) is 5.41 Å². The second kappa shape index (κ2) is 15.1. The predicted octanol–water partition coefficient (Wildman–Crippen LogP) is -1.59. The van der Waals surface area contributed by atoms with Gasteiger partial charge < -0.3 is 43.2 Å². The van der Waals surface area contributed by atoms with Gasteiger partial charge in [-0.3, -0.25) is 19.8 Å². The molecule has 13 heteroatoms. The number of carbonyl (C=O) groups excluding carboxylic acids is 3. The van der Waals surface area contributed by atoms with Gasteiger partial charge in [-0.1, -0.05) is 20.3 Å². The maximum Gasteiger partial charge on any atom is 0.326 e. The molecule has 4 atom stereocenters. The summed E-state index contributed by atoms with van der Waals surface area (Å²) in [4.78, 5) is 51.8. The molecule has 0 aliphatic carbocycles. The number of carboxylic acids is 1. The quantitative estimate of drug-likeness (QED) is 0.0737. The number of carbonyl (C=O) groups is 4. The largest absolute Gasteiger partial charge is 0.480 e. The fourth-order valence-corrected chi connectivity index (χ4v) is 3.98. The number of nitrogens with one attached hydrogen (secondary N) is 4. The van der Waals surface area contributed by atoms with Crippen LogP contribution in [0.15, 0.2) is 0 Å². The minimum Gasteiger partial charge on any atom is -0.480 e. The number of rotatable bonds is 15. The number of aliphatic carboxylic acids is 1. The van der Waals surface area contributed by atoms with Gasteiger partial charge in [0, 0.05) is 13.1 Å². The summed E-state index contributed by atoms with van der Waals surface area (Å²) in [5.74, 6) is -3.12. The van der Waals surface area contributed by atoms with Crippen molar-refractivity contribution in [2.75, 3.05) is 19.6 Å². The van der Waals surface area contributed by atoms with Crippen molar-refractivity contribution in [2.45, 2.75) is 83.0 Å². The molecule has 0 saturated carbocycles. The van der Waals surface area contributed by atoms with Gasteiger partial charge in [-0.2, -0.15) is 0 Å². The lowest BCUT2D eigenvalue weighted by molar-refractivity contribution is -0.143. The van der Waals surface area contributed by atoms with E-state index in [0.717, 1.165) is 12.8 Å². The summed E-state index contributed by atoms with van der Waals surface area (Å²) >= 11 is 0. The van der Waals surface area contributed by atoms with Crippen LogP contribution in [-0.2, 0) is 19.2 Å². The Bertz CT molecular complexity index is 747. The van der Waals surface area contributed by atoms with Gasteiger partial charge in [0.25, 0.3) is 0 Å². The van der Waals surface area contributed by atoms with Crippen LogP contribution in [0.2, 0.25) is 0 Å². The van der Waals surface area contributed by atoms with Gasteiger partial charge in [0.2, 0.25) is 17.7 Å². The van der Waals surface area contributed by atoms with Crippen LogP contribution in [0.1, 0.15) is 58.8 Å². The maximum absolute atomic E-state index is 13.1. The summed E-state index contributed by atoms with van der Waals surface area (Å²) in [5, 5.41) is 24.4. The average molecular weight is 499 g/mol. The van der Waals surface area contributed by atoms with Gasteiger partial charge >= 0.3 is 5.97 Å². The van der Waals surface area contributed by atoms with Gasteiger partial charge in [-0.25, -0.2) is 4.79 Å². The van der Waals surface area contributed by atoms with Crippen LogP contribution < -0.4 is 33.2 Å². The van der Waals surface area contributed by atoms with Crippen LogP contribution in [-0.4, -0.2) is 83.5 Å². The van der Waals surface area contributed by atoms with Crippen LogP contribution in [0.25, 0.3) is 0 Å². The monoisotopic (exact) mass is 498 g/mol. The van der Waals surface area contributed by atoms with Gasteiger partial charge in [-0.05, 0) is 51.0 Å². The molecular formula is C22H42N8O5. The number of unbranched alkanes of at least 4 members (excludes halogenated alkanes) is 1. The van der Waals surface area contributed by atoms with E-state index in [1.165, 1.54) is 4.90 Å². The summed E-state index contributed by atoms with van der Waals surface area (Å²) < 4.78 is 0. The molecule has 200 valence electrons. The summed E-state index contributed by atoms with van der Waals surface area (Å²) in [7, 11) is 0. The van der Waals surface area contributed by atoms with E-state index in [9.17, 15) is 24.3 Å². The molecule has 35 heavy (non-hydrogen) atoms. The second-order valence-electron chi connectivity index (χ2n) is 9.19. The van der Waals surface area contributed by atoms with E-state index >= 15 is 0 Å². The maximum atomic E-state index is 13.1. The van der Waals surface area contributed by atoms with E-state index in [-0.39, 0.29) is 24.2 Å². The zero-order chi connectivity index (χ0) is 26.5. The molecule has 1 rings (SSSR count). The summed E-state index contributed by atoms with van der Waals surface area (Å²) in [6, 6.07) is -3.58. The lowest BCUT2D eigenvalue weighted by atomic mass is 10.0. The number of hydrogen-bond donors (Lipinski definition) is 8. The molecule has 1 fully saturated rings. The molecule has 1 aliphatic rings. The normalized spacial score (nSPS) is 18.0. The molecular weight excluding hydrogens is 456 g/mol. The lowest BCUT2D eigenvalue weighted by Gasteiger charge is -2.29. The van der Waals surface area contributed by atoms with Crippen LogP contribution in [0.5, 0.6) is 0 Å². The zero-order valence-corrected chi connectivity index (χ0v) is 20.7. The molecule has 0 aromatic heterocycles. The lowest BCUT2D eigenvalue weighted by Crippen LogP contribution is -2.58. The molecule has 13 nitrogen and oxygen atoms in total. The van der Waals surface area contributed by atoms with Crippen LogP contribution in [0.3, 0.4) is 0 Å². The van der Waals surface area contributed by atoms with Crippen molar-refractivity contribution in [3.8, 4) is 0 Å². The van der Waals surface area contributed by atoms with E-state index in [4.69, 9.17) is 22.6 Å². The third-order valence-corrected chi connectivity index (χ3v) is 5.97. The first kappa shape index (κ1) is 30.1. The Labute approximate surface area is 206 Å². The van der Waals surface area contributed by atoms with Crippen LogP contribution >= 0.6 is 0 Å². The minimum absolute atomic E-state index is 0.118. The number of guanidine groups is 1. The first-order valence-corrected chi connectivity index (χ1v) is 12.2. The van der Waals surface area contributed by atoms with Crippen LogP contribution in [0.4, 0.5) is 0 Å². The Morgan fingerprint density at radius 2 is 1.80 bits per heavy atom. The van der Waals surface area contributed by atoms with Gasteiger partial charge in [-0.15, -0.1) is 0 Å². The van der Waals surface area contributed by atoms with Crippen molar-refractivity contribution < 1.29 is 24.3 Å². The molecule has 0 radical (unpaired) electrons. The SMILES string of the molecule is CC(C)[C@H](NC(=O)[C@@H]1CCCN1C(=O)[C@@H](N)CCCCN)C(=O)N[C@@H](CCCNC(=N)N)C(=O)O. The Hall–Kier alpha value is -2.93. The standard InChI is InChI=1S/C22H42N8O5/c1-13(2)17(19(32)28-15(21(34)35)8-5-11-27-22(25)26)29-18(31)16-9-6-12-30(16)20(33)14(24)7-3-4-10-23/h13-17H,3-12,23-24H2,1-2H3,(H,28,32)(H,29,31)(H,34,35)(H4,25,26,27)/t14-,15-,16-,17-/m0/s1. The molecule has 3 amide bonds. The number of amides is 3. The number of hydrogen-bond acceptors (Lipinski definition) is 7. The van der Waals surface area contributed by atoms with E-state index < -0.39 is 42.0 Å². The van der Waals surface area contributed by atoms with E-state index in [2.05, 4.69) is 16.0 Å². The van der Waals surface area contributed by atoms with E-state index in [1.807, 2.05) is 0 Å². The Kier molecular flexibility index (Phi) is 13.0. The van der Waals surface area contributed by atoms with Crippen LogP contribution in [0, 0.1) is 11.3 Å². The van der Waals surface area contributed by atoms with Crippen molar-refractivity contribution in [3.05, 3.63) is 0 Å². The number of carboxylic acid groups (broad SMARTS) is 1. The highest BCUT2D eigenvalue weighted by Gasteiger charge is 2.38. The zero-order valence-electron chi connectivity index (χ0n) is 20.7. The highest BCUT2D eigenvalue weighted by atomic mass is 16.4. The molecule has 0 aromatic rings. The Balaban J connectivity index is 2.77. The highest BCUT2D eigenvalue weighted by molar-refractivity contribution is 5.94. The Morgan fingerprint density at radius 3 is 2.37 bits per heavy atom. The fraction of sp³-hybridized carbons (Fsp3) is 0.773. The molecule has 1 saturated heterocycles. The molecule has 0 spiro atoms. The predicted molar refractivity (Wildman–Crippen MR) is 131 cm³/mol. The summed E-state index contributed by atoms with van der Waals surface area (Å²) in [6.45, 7) is 4.70. The van der Waals surface area contributed by atoms with Crippen molar-refractivity contribution in [2.24, 2.45) is 23.1 Å². The number of nitrogens with two attached hydrogens (primary N) is 3. The smallest absolute Gasteiger partial charge is 0.326 e. The molecule has 0 aromatic carbocycles. The second-order valence-corrected chi connectivity index (χ2v) is 9.19. The Morgan fingerprint density at radius 1 is 1.11 bits per heavy atom. The van der Waals surface area contributed by atoms with Gasteiger partial charge in [0.1, 0.15) is 18.1 Å². The van der Waals surface area contributed by atoms with Crippen molar-refractivity contribution in [3.63, 3.8) is 0 Å². The average Bonchev–Trinajstić information content (AvgIpc) is 3.28. The summed E-state index contributed by atoms with van der Waals surface area (Å²) in [5.41, 5.74) is 16.7. The third kappa shape index (κ3) is 10.1. The van der Waals surface area contributed by atoms with Crippen molar-refractivity contribution >= 4 is 29.7 Å². The third-order valence-electron chi connectivity index (χ3n) is 5.97. The number of nitrogens with zero attached hydrogens (tertiary/aromatic N) is 1. The molecule has 1 heterocycles. The minimum atomic E-state index is -1.20. The first-order chi connectivity index (χ1) is 16.5. The fourth-order valence-electron chi connectivity index (χ4n) is 3.98. The first-order valence-electron chi connectivity index (χ1n) is 12.2. The van der Waals surface area contributed by atoms with Gasteiger partial charge in [0.15, 0.2) is 5.96 Å². The van der Waals surface area contributed by atoms with Gasteiger partial charge in [0.05, 0.1) is 6.04 Å². The van der Waals surface area contributed by atoms with Crippen molar-refractivity contribution in [1.82, 2.24) is 20.9 Å². The topological polar surface area (TPSA) is 230 Å². The molecule has 0 bridgehead atoms. The molecule has 0 unspecified atom stereocenters. The number of likely N-dealkylation sites (tertiary alicyclic amines) is 1. The molecule has 11 N–H and O–H groups in total. The summed E-state index contributed by atoms with van der Waals surface area (Å²) in [6.07, 6.45) is 3.55. The van der Waals surface area contributed by atoms with E-state index in [1.54, 1.807) is 13.8 Å².